The Morgan fingerprint density at radius 2 is 1.94 bits per heavy atom. The molecular formula is C12H16N2O3S. The molecule has 1 aromatic rings. The molecule has 1 aromatic carbocycles. The van der Waals surface area contributed by atoms with Gasteiger partial charge in [-0.25, -0.2) is 8.42 Å². The molecule has 0 aliphatic carbocycles. The zero-order valence-corrected chi connectivity index (χ0v) is 11.0. The van der Waals surface area contributed by atoms with Gasteiger partial charge in [-0.1, -0.05) is 17.7 Å². The van der Waals surface area contributed by atoms with E-state index >= 15 is 0 Å². The molecule has 1 aliphatic heterocycles. The lowest BCUT2D eigenvalue weighted by molar-refractivity contribution is -0.121. The van der Waals surface area contributed by atoms with Gasteiger partial charge in [-0.05, 0) is 31.9 Å². The number of hydrogen-bond acceptors (Lipinski definition) is 3. The normalized spacial score (nSPS) is 21.1. The van der Waals surface area contributed by atoms with Gasteiger partial charge >= 0.3 is 0 Å². The number of primary amides is 1. The minimum atomic E-state index is -3.62. The number of amides is 1. The number of nitrogens with two attached hydrogens (primary N) is 1. The standard InChI is InChI=1S/C12H16N2O3S/c1-9-4-6-10(7-5-9)18(16,17)14-8-2-3-11(14)12(13)15/h4-7,11H,2-3,8H2,1H3,(H2,13,15). The van der Waals surface area contributed by atoms with Crippen LogP contribution in [0.2, 0.25) is 0 Å². The van der Waals surface area contributed by atoms with E-state index in [1.165, 1.54) is 4.31 Å². The van der Waals surface area contributed by atoms with Crippen molar-refractivity contribution in [3.63, 3.8) is 0 Å². The average molecular weight is 268 g/mol. The first-order valence-corrected chi connectivity index (χ1v) is 7.25. The van der Waals surface area contributed by atoms with Crippen molar-refractivity contribution < 1.29 is 13.2 Å². The highest BCUT2D eigenvalue weighted by atomic mass is 32.2. The fraction of sp³-hybridized carbons (Fsp3) is 0.417. The van der Waals surface area contributed by atoms with Crippen LogP contribution in [-0.2, 0) is 14.8 Å². The predicted octanol–water partition coefficient (Wildman–Crippen LogP) is 0.633. The molecular weight excluding hydrogens is 252 g/mol. The van der Waals surface area contributed by atoms with Crippen molar-refractivity contribution in [3.05, 3.63) is 29.8 Å². The van der Waals surface area contributed by atoms with E-state index < -0.39 is 22.0 Å². The number of aryl methyl sites for hydroxylation is 1. The Morgan fingerprint density at radius 1 is 1.33 bits per heavy atom. The summed E-state index contributed by atoms with van der Waals surface area (Å²) >= 11 is 0. The van der Waals surface area contributed by atoms with Gasteiger partial charge in [0.15, 0.2) is 0 Å². The largest absolute Gasteiger partial charge is 0.368 e. The molecule has 0 spiro atoms. The molecule has 18 heavy (non-hydrogen) atoms. The summed E-state index contributed by atoms with van der Waals surface area (Å²) in [6, 6.07) is 5.88. The average Bonchev–Trinajstić information content (AvgIpc) is 2.79. The number of hydrogen-bond donors (Lipinski definition) is 1. The number of benzene rings is 1. The van der Waals surface area contributed by atoms with Crippen LogP contribution in [0, 0.1) is 6.92 Å². The summed E-state index contributed by atoms with van der Waals surface area (Å²) in [5.41, 5.74) is 6.23. The van der Waals surface area contributed by atoms with Crippen LogP contribution in [0.25, 0.3) is 0 Å². The van der Waals surface area contributed by atoms with Crippen molar-refractivity contribution in [2.24, 2.45) is 5.73 Å². The quantitative estimate of drug-likeness (QED) is 0.873. The monoisotopic (exact) mass is 268 g/mol. The van der Waals surface area contributed by atoms with Crippen LogP contribution >= 0.6 is 0 Å². The molecule has 1 fully saturated rings. The maximum Gasteiger partial charge on any atom is 0.243 e. The van der Waals surface area contributed by atoms with E-state index in [-0.39, 0.29) is 4.90 Å². The summed E-state index contributed by atoms with van der Waals surface area (Å²) in [6.07, 6.45) is 1.17. The third-order valence-electron chi connectivity index (χ3n) is 3.16. The van der Waals surface area contributed by atoms with E-state index in [0.717, 1.165) is 5.56 Å². The Bertz CT molecular complexity index is 551. The maximum atomic E-state index is 12.4. The first kappa shape index (κ1) is 13.0. The fourth-order valence-corrected chi connectivity index (χ4v) is 3.82. The highest BCUT2D eigenvalue weighted by Crippen LogP contribution is 2.25. The lowest BCUT2D eigenvalue weighted by Crippen LogP contribution is -2.43. The van der Waals surface area contributed by atoms with Crippen LogP contribution in [0.1, 0.15) is 18.4 Å². The third kappa shape index (κ3) is 2.26. The van der Waals surface area contributed by atoms with Gasteiger partial charge in [0.25, 0.3) is 0 Å². The van der Waals surface area contributed by atoms with Crippen molar-refractivity contribution in [2.45, 2.75) is 30.7 Å². The molecule has 1 amide bonds. The molecule has 1 unspecified atom stereocenters. The predicted molar refractivity (Wildman–Crippen MR) is 67.3 cm³/mol. The first-order valence-electron chi connectivity index (χ1n) is 5.81. The summed E-state index contributed by atoms with van der Waals surface area (Å²) in [5, 5.41) is 0. The van der Waals surface area contributed by atoms with Gasteiger partial charge in [0.05, 0.1) is 4.90 Å². The Hall–Kier alpha value is -1.40. The van der Waals surface area contributed by atoms with Crippen LogP contribution in [-0.4, -0.2) is 31.2 Å². The van der Waals surface area contributed by atoms with E-state index in [1.54, 1.807) is 24.3 Å². The Balaban J connectivity index is 2.36. The minimum Gasteiger partial charge on any atom is -0.368 e. The Labute approximate surface area is 107 Å². The number of carbonyl (C=O) groups is 1. The molecule has 0 bridgehead atoms. The molecule has 5 nitrogen and oxygen atoms in total. The molecule has 0 radical (unpaired) electrons. The molecule has 2 N–H and O–H groups in total. The summed E-state index contributed by atoms with van der Waals surface area (Å²) < 4.78 is 26.0. The van der Waals surface area contributed by atoms with E-state index in [0.29, 0.717) is 19.4 Å². The van der Waals surface area contributed by atoms with Gasteiger partial charge in [0, 0.05) is 6.54 Å². The fourth-order valence-electron chi connectivity index (χ4n) is 2.16. The summed E-state index contributed by atoms with van der Waals surface area (Å²) in [7, 11) is -3.62. The van der Waals surface area contributed by atoms with E-state index in [9.17, 15) is 13.2 Å². The minimum absolute atomic E-state index is 0.209. The maximum absolute atomic E-state index is 12.4. The zero-order chi connectivity index (χ0) is 13.3. The first-order chi connectivity index (χ1) is 8.43. The van der Waals surface area contributed by atoms with Gasteiger partial charge in [0.2, 0.25) is 15.9 Å². The Morgan fingerprint density at radius 3 is 2.50 bits per heavy atom. The van der Waals surface area contributed by atoms with Crippen LogP contribution in [0.3, 0.4) is 0 Å². The molecule has 98 valence electrons. The van der Waals surface area contributed by atoms with Crippen molar-refractivity contribution in [2.75, 3.05) is 6.54 Å². The molecule has 1 atom stereocenters. The highest BCUT2D eigenvalue weighted by molar-refractivity contribution is 7.89. The highest BCUT2D eigenvalue weighted by Gasteiger charge is 2.38. The van der Waals surface area contributed by atoms with Crippen molar-refractivity contribution in [1.82, 2.24) is 4.31 Å². The smallest absolute Gasteiger partial charge is 0.243 e. The molecule has 0 aromatic heterocycles. The second kappa shape index (κ2) is 4.70. The van der Waals surface area contributed by atoms with Crippen LogP contribution in [0.5, 0.6) is 0 Å². The van der Waals surface area contributed by atoms with E-state index in [1.807, 2.05) is 6.92 Å². The van der Waals surface area contributed by atoms with E-state index in [4.69, 9.17) is 5.73 Å². The summed E-state index contributed by atoms with van der Waals surface area (Å²) in [6.45, 7) is 2.24. The van der Waals surface area contributed by atoms with Gasteiger partial charge in [-0.3, -0.25) is 4.79 Å². The summed E-state index contributed by atoms with van der Waals surface area (Å²) in [5.74, 6) is -0.580. The second-order valence-corrected chi connectivity index (χ2v) is 6.38. The topological polar surface area (TPSA) is 80.5 Å². The van der Waals surface area contributed by atoms with Gasteiger partial charge in [-0.2, -0.15) is 4.31 Å². The number of sulfonamides is 1. The van der Waals surface area contributed by atoms with Gasteiger partial charge in [-0.15, -0.1) is 0 Å². The molecule has 1 aliphatic rings. The Kier molecular flexibility index (Phi) is 3.41. The molecule has 6 heteroatoms. The van der Waals surface area contributed by atoms with Crippen molar-refractivity contribution in [3.8, 4) is 0 Å². The SMILES string of the molecule is Cc1ccc(S(=O)(=O)N2CCCC2C(N)=O)cc1. The second-order valence-electron chi connectivity index (χ2n) is 4.49. The van der Waals surface area contributed by atoms with Crippen LogP contribution in [0.4, 0.5) is 0 Å². The lowest BCUT2D eigenvalue weighted by atomic mass is 10.2. The molecule has 1 heterocycles. The van der Waals surface area contributed by atoms with Gasteiger partial charge < -0.3 is 5.73 Å². The third-order valence-corrected chi connectivity index (χ3v) is 5.08. The number of rotatable bonds is 3. The molecule has 1 saturated heterocycles. The number of nitrogens with zero attached hydrogens (tertiary/aromatic N) is 1. The zero-order valence-electron chi connectivity index (χ0n) is 10.2. The van der Waals surface area contributed by atoms with Crippen LogP contribution < -0.4 is 5.73 Å². The summed E-state index contributed by atoms with van der Waals surface area (Å²) in [4.78, 5) is 11.5. The van der Waals surface area contributed by atoms with Crippen molar-refractivity contribution >= 4 is 15.9 Å². The number of carbonyl (C=O) groups excluding carboxylic acids is 1. The molecule has 2 rings (SSSR count). The van der Waals surface area contributed by atoms with Crippen molar-refractivity contribution in [1.29, 1.82) is 0 Å². The molecule has 0 saturated carbocycles. The van der Waals surface area contributed by atoms with Gasteiger partial charge in [0.1, 0.15) is 6.04 Å². The van der Waals surface area contributed by atoms with Crippen LogP contribution in [0.15, 0.2) is 29.2 Å². The lowest BCUT2D eigenvalue weighted by Gasteiger charge is -2.21. The van der Waals surface area contributed by atoms with E-state index in [2.05, 4.69) is 0 Å².